The van der Waals surface area contributed by atoms with Crippen molar-refractivity contribution in [3.05, 3.63) is 59.2 Å². The van der Waals surface area contributed by atoms with Crippen LogP contribution in [0.2, 0.25) is 0 Å². The van der Waals surface area contributed by atoms with E-state index in [9.17, 15) is 14.4 Å². The summed E-state index contributed by atoms with van der Waals surface area (Å²) in [5.74, 6) is -1.60. The lowest BCUT2D eigenvalue weighted by atomic mass is 10.1. The van der Waals surface area contributed by atoms with Crippen molar-refractivity contribution in [2.24, 2.45) is 5.92 Å². The van der Waals surface area contributed by atoms with Gasteiger partial charge in [0.15, 0.2) is 6.61 Å². The standard InChI is InChI=1S/C23H26N2O4/c1-4-17-7-5-6-8-19(17)24-21(26)14-29-23(28)18-12-22(27)25(13-18)20-11-15(2)9-10-16(20)3/h5-11,18H,4,12-14H2,1-3H3,(H,24,26)/t18-/m0/s1. The number of carbonyl (C=O) groups excluding carboxylic acids is 3. The summed E-state index contributed by atoms with van der Waals surface area (Å²) in [4.78, 5) is 38.7. The maximum absolute atomic E-state index is 12.4. The first kappa shape index (κ1) is 20.6. The normalized spacial score (nSPS) is 16.0. The summed E-state index contributed by atoms with van der Waals surface area (Å²) in [5, 5.41) is 2.77. The molecular weight excluding hydrogens is 368 g/mol. The molecule has 1 fully saturated rings. The van der Waals surface area contributed by atoms with Crippen molar-refractivity contribution in [1.82, 2.24) is 0 Å². The molecular formula is C23H26N2O4. The number of anilines is 2. The molecule has 1 atom stereocenters. The SMILES string of the molecule is CCc1ccccc1NC(=O)COC(=O)[C@H]1CC(=O)N(c2cc(C)ccc2C)C1. The first-order valence-electron chi connectivity index (χ1n) is 9.81. The van der Waals surface area contributed by atoms with Crippen LogP contribution in [0.4, 0.5) is 11.4 Å². The maximum Gasteiger partial charge on any atom is 0.311 e. The molecule has 2 amide bonds. The van der Waals surface area contributed by atoms with Crippen molar-refractivity contribution in [3.63, 3.8) is 0 Å². The van der Waals surface area contributed by atoms with Crippen LogP contribution in [0.25, 0.3) is 0 Å². The average molecular weight is 394 g/mol. The smallest absolute Gasteiger partial charge is 0.311 e. The number of benzene rings is 2. The molecule has 2 aromatic carbocycles. The van der Waals surface area contributed by atoms with E-state index >= 15 is 0 Å². The van der Waals surface area contributed by atoms with Crippen molar-refractivity contribution >= 4 is 29.2 Å². The number of hydrogen-bond donors (Lipinski definition) is 1. The van der Waals surface area contributed by atoms with E-state index in [2.05, 4.69) is 5.32 Å². The number of aryl methyl sites for hydroxylation is 3. The summed E-state index contributed by atoms with van der Waals surface area (Å²) in [6, 6.07) is 13.4. The van der Waals surface area contributed by atoms with E-state index < -0.39 is 17.8 Å². The number of para-hydroxylation sites is 1. The Balaban J connectivity index is 1.57. The number of amides is 2. The molecule has 29 heavy (non-hydrogen) atoms. The first-order valence-corrected chi connectivity index (χ1v) is 9.81. The molecule has 1 aliphatic rings. The van der Waals surface area contributed by atoms with Crippen LogP contribution < -0.4 is 10.2 Å². The summed E-state index contributed by atoms with van der Waals surface area (Å²) >= 11 is 0. The third kappa shape index (κ3) is 4.83. The molecule has 1 heterocycles. The molecule has 0 bridgehead atoms. The quantitative estimate of drug-likeness (QED) is 0.762. The zero-order valence-electron chi connectivity index (χ0n) is 17.0. The van der Waals surface area contributed by atoms with Gasteiger partial charge in [-0.3, -0.25) is 14.4 Å². The van der Waals surface area contributed by atoms with Gasteiger partial charge in [-0.1, -0.05) is 37.3 Å². The number of nitrogens with zero attached hydrogens (tertiary/aromatic N) is 1. The summed E-state index contributed by atoms with van der Waals surface area (Å²) in [6.07, 6.45) is 0.876. The fourth-order valence-electron chi connectivity index (χ4n) is 3.50. The second-order valence-corrected chi connectivity index (χ2v) is 7.36. The van der Waals surface area contributed by atoms with Gasteiger partial charge in [0.25, 0.3) is 5.91 Å². The van der Waals surface area contributed by atoms with Gasteiger partial charge in [-0.2, -0.15) is 0 Å². The highest BCUT2D eigenvalue weighted by atomic mass is 16.5. The van der Waals surface area contributed by atoms with Crippen LogP contribution in [0.15, 0.2) is 42.5 Å². The van der Waals surface area contributed by atoms with Crippen LogP contribution in [-0.2, 0) is 25.5 Å². The Morgan fingerprint density at radius 3 is 2.69 bits per heavy atom. The highest BCUT2D eigenvalue weighted by Crippen LogP contribution is 2.29. The first-order chi connectivity index (χ1) is 13.9. The predicted molar refractivity (Wildman–Crippen MR) is 112 cm³/mol. The van der Waals surface area contributed by atoms with Crippen molar-refractivity contribution in [2.75, 3.05) is 23.4 Å². The summed E-state index contributed by atoms with van der Waals surface area (Å²) in [6.45, 7) is 5.80. The van der Waals surface area contributed by atoms with E-state index in [1.807, 2.05) is 63.2 Å². The lowest BCUT2D eigenvalue weighted by Crippen LogP contribution is -2.28. The van der Waals surface area contributed by atoms with Crippen molar-refractivity contribution in [3.8, 4) is 0 Å². The highest BCUT2D eigenvalue weighted by Gasteiger charge is 2.36. The second kappa shape index (κ2) is 8.90. The number of esters is 1. The third-order valence-electron chi connectivity index (χ3n) is 5.13. The molecule has 152 valence electrons. The minimum Gasteiger partial charge on any atom is -0.455 e. The molecule has 1 N–H and O–H groups in total. The molecule has 0 radical (unpaired) electrons. The van der Waals surface area contributed by atoms with E-state index in [4.69, 9.17) is 4.74 Å². The van der Waals surface area contributed by atoms with Crippen LogP contribution in [-0.4, -0.2) is 30.9 Å². The van der Waals surface area contributed by atoms with E-state index in [1.165, 1.54) is 0 Å². The van der Waals surface area contributed by atoms with Gasteiger partial charge in [0, 0.05) is 24.3 Å². The van der Waals surface area contributed by atoms with Gasteiger partial charge in [-0.15, -0.1) is 0 Å². The van der Waals surface area contributed by atoms with Gasteiger partial charge >= 0.3 is 5.97 Å². The largest absolute Gasteiger partial charge is 0.455 e. The molecule has 0 spiro atoms. The fourth-order valence-corrected chi connectivity index (χ4v) is 3.50. The number of nitrogens with one attached hydrogen (secondary N) is 1. The monoisotopic (exact) mass is 394 g/mol. The molecule has 1 saturated heterocycles. The highest BCUT2D eigenvalue weighted by molar-refractivity contribution is 6.00. The Hall–Kier alpha value is -3.15. The Morgan fingerprint density at radius 2 is 1.93 bits per heavy atom. The Morgan fingerprint density at radius 1 is 1.17 bits per heavy atom. The Labute approximate surface area is 170 Å². The average Bonchev–Trinajstić information content (AvgIpc) is 3.10. The van der Waals surface area contributed by atoms with Crippen molar-refractivity contribution in [1.29, 1.82) is 0 Å². The van der Waals surface area contributed by atoms with Gasteiger partial charge in [-0.25, -0.2) is 0 Å². The zero-order valence-corrected chi connectivity index (χ0v) is 17.0. The van der Waals surface area contributed by atoms with Gasteiger partial charge in [-0.05, 0) is 49.1 Å². The summed E-state index contributed by atoms with van der Waals surface area (Å²) < 4.78 is 5.19. The van der Waals surface area contributed by atoms with Gasteiger partial charge < -0.3 is 15.0 Å². The molecule has 1 aliphatic heterocycles. The molecule has 3 rings (SSSR count). The predicted octanol–water partition coefficient (Wildman–Crippen LogP) is 3.40. The van der Waals surface area contributed by atoms with Crippen molar-refractivity contribution < 1.29 is 19.1 Å². The van der Waals surface area contributed by atoms with Crippen LogP contribution >= 0.6 is 0 Å². The van der Waals surface area contributed by atoms with Gasteiger partial charge in [0.2, 0.25) is 5.91 Å². The summed E-state index contributed by atoms with van der Waals surface area (Å²) in [7, 11) is 0. The Kier molecular flexibility index (Phi) is 6.32. The molecule has 0 saturated carbocycles. The zero-order chi connectivity index (χ0) is 21.0. The molecule has 0 aliphatic carbocycles. The van der Waals surface area contributed by atoms with E-state index in [0.29, 0.717) is 5.69 Å². The molecule has 6 nitrogen and oxygen atoms in total. The molecule has 6 heteroatoms. The minimum atomic E-state index is -0.571. The minimum absolute atomic E-state index is 0.0898. The van der Waals surface area contributed by atoms with Crippen LogP contribution in [0.1, 0.15) is 30.0 Å². The fraction of sp³-hybridized carbons (Fsp3) is 0.348. The summed E-state index contributed by atoms with van der Waals surface area (Å²) in [5.41, 5.74) is 4.57. The lowest BCUT2D eigenvalue weighted by Gasteiger charge is -2.19. The molecule has 0 unspecified atom stereocenters. The van der Waals surface area contributed by atoms with Gasteiger partial charge in [0.1, 0.15) is 0 Å². The van der Waals surface area contributed by atoms with Crippen LogP contribution in [0, 0.1) is 19.8 Å². The van der Waals surface area contributed by atoms with Gasteiger partial charge in [0.05, 0.1) is 5.92 Å². The second-order valence-electron chi connectivity index (χ2n) is 7.36. The maximum atomic E-state index is 12.4. The topological polar surface area (TPSA) is 75.7 Å². The third-order valence-corrected chi connectivity index (χ3v) is 5.13. The van der Waals surface area contributed by atoms with Crippen LogP contribution in [0.5, 0.6) is 0 Å². The number of rotatable bonds is 6. The van der Waals surface area contributed by atoms with E-state index in [-0.39, 0.29) is 25.5 Å². The molecule has 2 aromatic rings. The lowest BCUT2D eigenvalue weighted by molar-refractivity contribution is -0.151. The van der Waals surface area contributed by atoms with E-state index in [1.54, 1.807) is 4.90 Å². The molecule has 0 aromatic heterocycles. The number of ether oxygens (including phenoxy) is 1. The number of hydrogen-bond acceptors (Lipinski definition) is 4. The van der Waals surface area contributed by atoms with Crippen molar-refractivity contribution in [2.45, 2.75) is 33.6 Å². The Bertz CT molecular complexity index is 938. The van der Waals surface area contributed by atoms with Crippen LogP contribution in [0.3, 0.4) is 0 Å². The number of carbonyl (C=O) groups is 3. The van der Waals surface area contributed by atoms with E-state index in [0.717, 1.165) is 28.8 Å².